The summed E-state index contributed by atoms with van der Waals surface area (Å²) in [6, 6.07) is 10.5. The molecule has 190 valence electrons. The van der Waals surface area contributed by atoms with Crippen molar-refractivity contribution in [2.75, 3.05) is 16.9 Å². The Kier molecular flexibility index (Phi) is 6.57. The number of hydrogen-bond acceptors (Lipinski definition) is 11. The van der Waals surface area contributed by atoms with Crippen molar-refractivity contribution in [2.24, 2.45) is 5.10 Å². The van der Waals surface area contributed by atoms with E-state index in [9.17, 15) is 38.5 Å². The number of hydrazone groups is 1. The van der Waals surface area contributed by atoms with Gasteiger partial charge < -0.3 is 14.6 Å². The molecule has 0 atom stereocenters. The first-order chi connectivity index (χ1) is 17.6. The van der Waals surface area contributed by atoms with Gasteiger partial charge in [-0.05, 0) is 24.3 Å². The van der Waals surface area contributed by atoms with E-state index < -0.39 is 36.4 Å². The molecule has 3 aromatic rings. The van der Waals surface area contributed by atoms with Gasteiger partial charge >= 0.3 is 5.97 Å². The highest BCUT2D eigenvalue weighted by Crippen LogP contribution is 2.37. The number of carbonyl (C=O) groups is 1. The lowest BCUT2D eigenvalue weighted by Gasteiger charge is -2.13. The zero-order valence-corrected chi connectivity index (χ0v) is 19.2. The van der Waals surface area contributed by atoms with E-state index in [-0.39, 0.29) is 46.5 Å². The summed E-state index contributed by atoms with van der Waals surface area (Å²) in [5, 5.41) is 35.9. The number of para-hydroxylation sites is 1. The van der Waals surface area contributed by atoms with Gasteiger partial charge in [0.05, 0.1) is 44.6 Å². The van der Waals surface area contributed by atoms with Gasteiger partial charge in [0, 0.05) is 12.1 Å². The number of non-ortho nitro benzene ring substituents is 1. The summed E-state index contributed by atoms with van der Waals surface area (Å²) in [6.07, 6.45) is 1.03. The van der Waals surface area contributed by atoms with Crippen molar-refractivity contribution in [1.82, 2.24) is 0 Å². The molecule has 37 heavy (non-hydrogen) atoms. The van der Waals surface area contributed by atoms with Crippen LogP contribution in [0.4, 0.5) is 22.7 Å². The number of nitro benzene ring substituents is 2. The van der Waals surface area contributed by atoms with E-state index in [0.29, 0.717) is 0 Å². The zero-order chi connectivity index (χ0) is 26.7. The smallest absolute Gasteiger partial charge is 0.337 e. The van der Waals surface area contributed by atoms with Crippen molar-refractivity contribution in [3.05, 3.63) is 86.0 Å². The van der Waals surface area contributed by atoms with E-state index in [1.807, 2.05) is 0 Å². The van der Waals surface area contributed by atoms with Crippen molar-refractivity contribution >= 4 is 45.0 Å². The fourth-order valence-electron chi connectivity index (χ4n) is 3.28. The molecule has 16 heteroatoms. The second-order valence-electron chi connectivity index (χ2n) is 7.29. The molecule has 0 saturated heterocycles. The van der Waals surface area contributed by atoms with Crippen molar-refractivity contribution < 1.29 is 37.6 Å². The highest BCUT2D eigenvalue weighted by molar-refractivity contribution is 7.93. The largest absolute Gasteiger partial charge is 0.478 e. The minimum Gasteiger partial charge on any atom is -0.478 e. The summed E-state index contributed by atoms with van der Waals surface area (Å²) in [5.74, 6) is -0.981. The molecule has 3 N–H and O–H groups in total. The molecule has 1 heterocycles. The highest BCUT2D eigenvalue weighted by Gasteiger charge is 2.25. The summed E-state index contributed by atoms with van der Waals surface area (Å²) >= 11 is 0. The molecule has 0 bridgehead atoms. The number of nitro groups is 2. The number of nitrogens with zero attached hydrogens (tertiary/aromatic N) is 3. The Morgan fingerprint density at radius 1 is 1.00 bits per heavy atom. The van der Waals surface area contributed by atoms with Crippen molar-refractivity contribution in [3.8, 4) is 11.5 Å². The minimum atomic E-state index is -4.58. The molecule has 15 nitrogen and oxygen atoms in total. The Bertz CT molecular complexity index is 1570. The van der Waals surface area contributed by atoms with Crippen molar-refractivity contribution in [2.45, 2.75) is 4.90 Å². The lowest BCUT2D eigenvalue weighted by Crippen LogP contribution is -2.17. The summed E-state index contributed by atoms with van der Waals surface area (Å²) < 4.78 is 38.7. The molecule has 4 rings (SSSR count). The highest BCUT2D eigenvalue weighted by atomic mass is 32.2. The fourth-order valence-corrected chi connectivity index (χ4v) is 4.53. The number of carboxylic acid groups (broad SMARTS) is 1. The number of benzene rings is 3. The van der Waals surface area contributed by atoms with Crippen molar-refractivity contribution in [1.29, 1.82) is 0 Å². The van der Waals surface area contributed by atoms with Gasteiger partial charge in [-0.3, -0.25) is 30.4 Å². The molecule has 0 spiro atoms. The molecule has 0 aromatic heterocycles. The van der Waals surface area contributed by atoms with Crippen LogP contribution in [-0.4, -0.2) is 42.3 Å². The van der Waals surface area contributed by atoms with Gasteiger partial charge in [0.2, 0.25) is 6.79 Å². The van der Waals surface area contributed by atoms with Crippen LogP contribution in [-0.2, 0) is 10.0 Å². The second-order valence-corrected chi connectivity index (χ2v) is 8.94. The number of aromatic carboxylic acids is 1. The summed E-state index contributed by atoms with van der Waals surface area (Å²) in [6.45, 7) is -0.118. The Morgan fingerprint density at radius 3 is 2.38 bits per heavy atom. The minimum absolute atomic E-state index is 0.00146. The van der Waals surface area contributed by atoms with Gasteiger partial charge in [-0.2, -0.15) is 5.10 Å². The predicted octanol–water partition coefficient (Wildman–Crippen LogP) is 3.18. The Morgan fingerprint density at radius 2 is 1.70 bits per heavy atom. The first-order valence-corrected chi connectivity index (χ1v) is 11.6. The average Bonchev–Trinajstić information content (AvgIpc) is 3.31. The molecular weight excluding hydrogens is 514 g/mol. The van der Waals surface area contributed by atoms with Gasteiger partial charge in [-0.15, -0.1) is 0 Å². The standard InChI is InChI=1S/C21H15N5O10S/c27-21(28)14-3-1-2-4-15(14)24-37(33,34)20-8-13(25(29)30)5-6-16(20)23-22-10-12-7-18-19(36-11-35-18)9-17(12)26(31)32/h1-10,23-24H,11H2,(H,27,28)/b22-10-. The number of hydrogen-bond donors (Lipinski definition) is 3. The van der Waals surface area contributed by atoms with E-state index >= 15 is 0 Å². The molecule has 0 saturated carbocycles. The Labute approximate surface area is 207 Å². The van der Waals surface area contributed by atoms with E-state index in [2.05, 4.69) is 15.2 Å². The molecular formula is C21H15N5O10S. The molecule has 3 aromatic carbocycles. The SMILES string of the molecule is O=C(O)c1ccccc1NS(=O)(=O)c1cc([N+](=O)[O-])ccc1N/N=C\c1cc2c(cc1[N+](=O)[O-])OCO2. The van der Waals surface area contributed by atoms with Crippen LogP contribution in [0, 0.1) is 20.2 Å². The van der Waals surface area contributed by atoms with Crippen LogP contribution in [0.2, 0.25) is 0 Å². The number of carboxylic acids is 1. The van der Waals surface area contributed by atoms with Gasteiger partial charge in [0.25, 0.3) is 21.4 Å². The van der Waals surface area contributed by atoms with Gasteiger partial charge in [-0.1, -0.05) is 12.1 Å². The monoisotopic (exact) mass is 529 g/mol. The first kappa shape index (κ1) is 24.9. The third-order valence-electron chi connectivity index (χ3n) is 4.97. The topological polar surface area (TPSA) is 213 Å². The lowest BCUT2D eigenvalue weighted by molar-refractivity contribution is -0.385. The van der Waals surface area contributed by atoms with E-state index in [1.165, 1.54) is 30.3 Å². The normalized spacial score (nSPS) is 12.3. The van der Waals surface area contributed by atoms with Crippen LogP contribution >= 0.6 is 0 Å². The summed E-state index contributed by atoms with van der Waals surface area (Å²) in [7, 11) is -4.58. The Hall–Kier alpha value is -5.25. The molecule has 1 aliphatic heterocycles. The molecule has 0 radical (unpaired) electrons. The van der Waals surface area contributed by atoms with Gasteiger partial charge in [0.15, 0.2) is 11.5 Å². The molecule has 0 aliphatic carbocycles. The summed E-state index contributed by atoms with van der Waals surface area (Å²) in [5.41, 5.74) is 0.634. The molecule has 0 amide bonds. The maximum absolute atomic E-state index is 13.1. The summed E-state index contributed by atoms with van der Waals surface area (Å²) in [4.78, 5) is 32.0. The third-order valence-corrected chi connectivity index (χ3v) is 6.38. The van der Waals surface area contributed by atoms with Gasteiger partial charge in [-0.25, -0.2) is 13.2 Å². The van der Waals surface area contributed by atoms with Crippen LogP contribution in [0.25, 0.3) is 0 Å². The predicted molar refractivity (Wildman–Crippen MR) is 128 cm³/mol. The number of ether oxygens (including phenoxy) is 2. The van der Waals surface area contributed by atoms with E-state index in [4.69, 9.17) is 9.47 Å². The maximum Gasteiger partial charge on any atom is 0.337 e. The lowest BCUT2D eigenvalue weighted by atomic mass is 10.1. The fraction of sp³-hybridized carbons (Fsp3) is 0.0476. The molecule has 0 unspecified atom stereocenters. The van der Waals surface area contributed by atoms with Crippen LogP contribution in [0.15, 0.2) is 64.6 Å². The van der Waals surface area contributed by atoms with Crippen LogP contribution in [0.1, 0.15) is 15.9 Å². The van der Waals surface area contributed by atoms with E-state index in [1.54, 1.807) is 0 Å². The maximum atomic E-state index is 13.1. The van der Waals surface area contributed by atoms with Crippen molar-refractivity contribution in [3.63, 3.8) is 0 Å². The quantitative estimate of drug-likeness (QED) is 0.208. The number of nitrogens with one attached hydrogen (secondary N) is 2. The Balaban J connectivity index is 1.70. The molecule has 0 fully saturated rings. The first-order valence-electron chi connectivity index (χ1n) is 10.1. The van der Waals surface area contributed by atoms with Crippen LogP contribution in [0.3, 0.4) is 0 Å². The van der Waals surface area contributed by atoms with Gasteiger partial charge in [0.1, 0.15) is 4.90 Å². The number of sulfonamides is 1. The number of anilines is 2. The van der Waals surface area contributed by atoms with Crippen LogP contribution in [0.5, 0.6) is 11.5 Å². The third kappa shape index (κ3) is 5.22. The molecule has 1 aliphatic rings. The number of rotatable bonds is 9. The van der Waals surface area contributed by atoms with Crippen LogP contribution < -0.4 is 19.6 Å². The average molecular weight is 529 g/mol. The second kappa shape index (κ2) is 9.78. The zero-order valence-electron chi connectivity index (χ0n) is 18.4. The number of fused-ring (bicyclic) bond motifs is 1. The van der Waals surface area contributed by atoms with E-state index in [0.717, 1.165) is 30.5 Å².